The van der Waals surface area contributed by atoms with Gasteiger partial charge in [0.05, 0.1) is 14.2 Å². The second-order valence-electron chi connectivity index (χ2n) is 5.92. The molecule has 0 heterocycles. The summed E-state index contributed by atoms with van der Waals surface area (Å²) in [5.41, 5.74) is 1.30. The normalized spacial score (nSPS) is 12.4. The molecule has 25 heavy (non-hydrogen) atoms. The highest BCUT2D eigenvalue weighted by Crippen LogP contribution is 2.21. The summed E-state index contributed by atoms with van der Waals surface area (Å²) in [6.45, 7) is 3.84. The highest BCUT2D eigenvalue weighted by Gasteiger charge is 2.06. The molecule has 0 bridgehead atoms. The van der Waals surface area contributed by atoms with Gasteiger partial charge in [-0.3, -0.25) is 9.79 Å². The van der Waals surface area contributed by atoms with E-state index in [1.165, 1.54) is 12.7 Å². The number of aliphatic imine (C=N–C) groups is 1. The number of ether oxygens (including phenoxy) is 2. The maximum absolute atomic E-state index is 11.0. The number of esters is 1. The van der Waals surface area contributed by atoms with Crippen LogP contribution in [0, 0.1) is 0 Å². The second-order valence-corrected chi connectivity index (χ2v) is 5.92. The van der Waals surface area contributed by atoms with Gasteiger partial charge in [0.2, 0.25) is 0 Å². The molecule has 1 aromatic carbocycles. The van der Waals surface area contributed by atoms with Crippen LogP contribution in [-0.2, 0) is 9.53 Å². The molecule has 2 N–H and O–H groups in total. The van der Waals surface area contributed by atoms with Crippen molar-refractivity contribution in [1.29, 1.82) is 0 Å². The van der Waals surface area contributed by atoms with E-state index in [2.05, 4.69) is 39.4 Å². The number of hydrogen-bond acceptors (Lipinski definition) is 4. The number of carbonyl (C=O) groups is 1. The van der Waals surface area contributed by atoms with Gasteiger partial charge in [0.25, 0.3) is 0 Å². The van der Waals surface area contributed by atoms with E-state index in [4.69, 9.17) is 4.74 Å². The summed E-state index contributed by atoms with van der Waals surface area (Å²) in [5.74, 6) is 1.97. The first-order valence-electron chi connectivity index (χ1n) is 8.76. The molecule has 1 aromatic rings. The van der Waals surface area contributed by atoms with E-state index in [-0.39, 0.29) is 5.97 Å². The molecule has 0 amide bonds. The van der Waals surface area contributed by atoms with Crippen molar-refractivity contribution in [3.63, 3.8) is 0 Å². The molecule has 0 aliphatic carbocycles. The number of unbranched alkanes of at least 4 members (excludes halogenated alkanes) is 1. The smallest absolute Gasteiger partial charge is 0.305 e. The largest absolute Gasteiger partial charge is 0.497 e. The van der Waals surface area contributed by atoms with Crippen molar-refractivity contribution in [3.05, 3.63) is 29.8 Å². The van der Waals surface area contributed by atoms with Crippen molar-refractivity contribution in [2.45, 2.75) is 38.5 Å². The molecule has 6 nitrogen and oxygen atoms in total. The lowest BCUT2D eigenvalue weighted by atomic mass is 9.98. The van der Waals surface area contributed by atoms with Gasteiger partial charge < -0.3 is 20.1 Å². The van der Waals surface area contributed by atoms with E-state index in [1.807, 2.05) is 12.1 Å². The van der Waals surface area contributed by atoms with Crippen LogP contribution >= 0.6 is 0 Å². The average Bonchev–Trinajstić information content (AvgIpc) is 2.65. The zero-order valence-electron chi connectivity index (χ0n) is 15.8. The Balaban J connectivity index is 2.22. The quantitative estimate of drug-likeness (QED) is 0.294. The van der Waals surface area contributed by atoms with Gasteiger partial charge in [0, 0.05) is 26.6 Å². The van der Waals surface area contributed by atoms with Gasteiger partial charge in [-0.05, 0) is 42.9 Å². The van der Waals surface area contributed by atoms with Gasteiger partial charge in [-0.25, -0.2) is 0 Å². The number of benzene rings is 1. The summed E-state index contributed by atoms with van der Waals surface area (Å²) < 4.78 is 9.81. The summed E-state index contributed by atoms with van der Waals surface area (Å²) in [7, 11) is 4.85. The second kappa shape index (κ2) is 12.2. The summed E-state index contributed by atoms with van der Waals surface area (Å²) in [6, 6.07) is 8.21. The number of nitrogens with zero attached hydrogens (tertiary/aromatic N) is 1. The van der Waals surface area contributed by atoms with E-state index in [9.17, 15) is 4.79 Å². The SMILES string of the molecule is CN=C(NCCCCC(=O)OC)NCCC(C)c1ccc(OC)cc1. The zero-order chi connectivity index (χ0) is 18.5. The fourth-order valence-electron chi connectivity index (χ4n) is 2.43. The first kappa shape index (κ1) is 20.8. The van der Waals surface area contributed by atoms with Crippen LogP contribution in [0.5, 0.6) is 5.75 Å². The molecule has 0 radical (unpaired) electrons. The Morgan fingerprint density at radius 3 is 2.40 bits per heavy atom. The predicted molar refractivity (Wildman–Crippen MR) is 101 cm³/mol. The van der Waals surface area contributed by atoms with E-state index in [1.54, 1.807) is 14.2 Å². The third-order valence-electron chi connectivity index (χ3n) is 4.11. The molecule has 140 valence electrons. The molecule has 0 aromatic heterocycles. The van der Waals surface area contributed by atoms with Gasteiger partial charge in [-0.2, -0.15) is 0 Å². The van der Waals surface area contributed by atoms with E-state index >= 15 is 0 Å². The van der Waals surface area contributed by atoms with E-state index < -0.39 is 0 Å². The van der Waals surface area contributed by atoms with Gasteiger partial charge in [-0.15, -0.1) is 0 Å². The van der Waals surface area contributed by atoms with Crippen LogP contribution in [0.2, 0.25) is 0 Å². The van der Waals surface area contributed by atoms with Crippen LogP contribution in [0.3, 0.4) is 0 Å². The van der Waals surface area contributed by atoms with Crippen molar-refractivity contribution in [1.82, 2.24) is 10.6 Å². The fourth-order valence-corrected chi connectivity index (χ4v) is 2.43. The third kappa shape index (κ3) is 8.42. The first-order valence-corrected chi connectivity index (χ1v) is 8.76. The Morgan fingerprint density at radius 2 is 1.80 bits per heavy atom. The first-order chi connectivity index (χ1) is 12.1. The Kier molecular flexibility index (Phi) is 10.1. The zero-order valence-corrected chi connectivity index (χ0v) is 15.8. The minimum absolute atomic E-state index is 0.157. The Bertz CT molecular complexity index is 529. The van der Waals surface area contributed by atoms with Gasteiger partial charge in [0.15, 0.2) is 5.96 Å². The minimum atomic E-state index is -0.157. The summed E-state index contributed by atoms with van der Waals surface area (Å²) in [5, 5.41) is 6.59. The topological polar surface area (TPSA) is 72.0 Å². The Labute approximate surface area is 151 Å². The van der Waals surface area contributed by atoms with Crippen molar-refractivity contribution in [3.8, 4) is 5.75 Å². The minimum Gasteiger partial charge on any atom is -0.497 e. The number of hydrogen-bond donors (Lipinski definition) is 2. The highest BCUT2D eigenvalue weighted by molar-refractivity contribution is 5.79. The van der Waals surface area contributed by atoms with Crippen LogP contribution in [0.1, 0.15) is 44.1 Å². The van der Waals surface area contributed by atoms with Gasteiger partial charge in [0.1, 0.15) is 5.75 Å². The molecular formula is C19H31N3O3. The fraction of sp³-hybridized carbons (Fsp3) is 0.579. The van der Waals surface area contributed by atoms with Crippen molar-refractivity contribution in [2.24, 2.45) is 4.99 Å². The number of rotatable bonds is 10. The maximum atomic E-state index is 11.0. The lowest BCUT2D eigenvalue weighted by molar-refractivity contribution is -0.140. The molecule has 0 spiro atoms. The standard InChI is InChI=1S/C19H31N3O3/c1-15(16-8-10-17(24-3)11-9-16)12-14-22-19(20-2)21-13-6-5-7-18(23)25-4/h8-11,15H,5-7,12-14H2,1-4H3,(H2,20,21,22). The molecule has 0 fully saturated rings. The van der Waals surface area contributed by atoms with E-state index in [0.717, 1.165) is 44.1 Å². The highest BCUT2D eigenvalue weighted by atomic mass is 16.5. The molecule has 0 saturated carbocycles. The van der Waals surface area contributed by atoms with Crippen LogP contribution in [0.25, 0.3) is 0 Å². The van der Waals surface area contributed by atoms with Crippen LogP contribution in [0.4, 0.5) is 0 Å². The Morgan fingerprint density at radius 1 is 1.12 bits per heavy atom. The molecule has 0 aliphatic heterocycles. The number of nitrogens with one attached hydrogen (secondary N) is 2. The van der Waals surface area contributed by atoms with Crippen LogP contribution in [-0.4, -0.2) is 46.3 Å². The summed E-state index contributed by atoms with van der Waals surface area (Å²) >= 11 is 0. The lowest BCUT2D eigenvalue weighted by Gasteiger charge is -2.15. The lowest BCUT2D eigenvalue weighted by Crippen LogP contribution is -2.38. The Hall–Kier alpha value is -2.24. The summed E-state index contributed by atoms with van der Waals surface area (Å²) in [6.07, 6.45) is 3.18. The predicted octanol–water partition coefficient (Wildman–Crippen LogP) is 2.70. The van der Waals surface area contributed by atoms with Crippen molar-refractivity contribution >= 4 is 11.9 Å². The summed E-state index contributed by atoms with van der Waals surface area (Å²) in [4.78, 5) is 15.3. The molecule has 1 unspecified atom stereocenters. The molecular weight excluding hydrogens is 318 g/mol. The number of methoxy groups -OCH3 is 2. The molecule has 6 heteroatoms. The molecule has 1 atom stereocenters. The van der Waals surface area contributed by atoms with Gasteiger partial charge in [-0.1, -0.05) is 19.1 Å². The monoisotopic (exact) mass is 349 g/mol. The van der Waals surface area contributed by atoms with Crippen LogP contribution < -0.4 is 15.4 Å². The maximum Gasteiger partial charge on any atom is 0.305 e. The third-order valence-corrected chi connectivity index (χ3v) is 4.11. The van der Waals surface area contributed by atoms with E-state index in [0.29, 0.717) is 12.3 Å². The van der Waals surface area contributed by atoms with Crippen molar-refractivity contribution < 1.29 is 14.3 Å². The molecule has 0 saturated heterocycles. The van der Waals surface area contributed by atoms with Crippen molar-refractivity contribution in [2.75, 3.05) is 34.4 Å². The molecule has 1 rings (SSSR count). The van der Waals surface area contributed by atoms with Gasteiger partial charge >= 0.3 is 5.97 Å². The number of carbonyl (C=O) groups excluding carboxylic acids is 1. The average molecular weight is 349 g/mol. The molecule has 0 aliphatic rings. The van der Waals surface area contributed by atoms with Crippen LogP contribution in [0.15, 0.2) is 29.3 Å². The number of guanidine groups is 1.